The van der Waals surface area contributed by atoms with E-state index in [0.717, 1.165) is 26.7 Å². The Labute approximate surface area is 175 Å². The molecule has 150 valence electrons. The molecule has 0 bridgehead atoms. The largest absolute Gasteiger partial charge is 0.494 e. The Morgan fingerprint density at radius 3 is 2.83 bits per heavy atom. The van der Waals surface area contributed by atoms with Crippen LogP contribution in [0.1, 0.15) is 50.3 Å². The topological polar surface area (TPSA) is 72.0 Å². The van der Waals surface area contributed by atoms with E-state index in [1.807, 2.05) is 6.07 Å². The van der Waals surface area contributed by atoms with Gasteiger partial charge in [-0.1, -0.05) is 36.5 Å². The number of benzene rings is 1. The Hall–Kier alpha value is -2.85. The van der Waals surface area contributed by atoms with Crippen LogP contribution in [0.25, 0.3) is 10.2 Å². The fourth-order valence-corrected chi connectivity index (χ4v) is 4.65. The Morgan fingerprint density at radius 2 is 2.03 bits per heavy atom. The molecule has 1 aliphatic rings. The van der Waals surface area contributed by atoms with Gasteiger partial charge in [0.05, 0.1) is 24.2 Å². The normalized spacial score (nSPS) is 14.3. The molecule has 2 heterocycles. The van der Waals surface area contributed by atoms with Crippen LogP contribution in [0.5, 0.6) is 5.75 Å². The minimum atomic E-state index is 0.536. The molecule has 2 N–H and O–H groups in total. The minimum Gasteiger partial charge on any atom is -0.494 e. The highest BCUT2D eigenvalue weighted by Crippen LogP contribution is 2.35. The number of nitrogens with one attached hydrogen (secondary N) is 2. The van der Waals surface area contributed by atoms with Gasteiger partial charge in [0.1, 0.15) is 22.8 Å². The van der Waals surface area contributed by atoms with Gasteiger partial charge in [-0.05, 0) is 43.4 Å². The van der Waals surface area contributed by atoms with Crippen LogP contribution < -0.4 is 15.4 Å². The Bertz CT molecular complexity index is 1050. The lowest BCUT2D eigenvalue weighted by molar-refractivity contribution is 0.418. The molecular weight excluding hydrogens is 382 g/mol. The number of nitrogens with zero attached hydrogens (tertiary/aromatic N) is 3. The van der Waals surface area contributed by atoms with Crippen molar-refractivity contribution in [2.45, 2.75) is 51.6 Å². The molecule has 1 saturated carbocycles. The minimum absolute atomic E-state index is 0.536. The summed E-state index contributed by atoms with van der Waals surface area (Å²) in [7, 11) is 1.69. The maximum Gasteiger partial charge on any atom is 0.184 e. The summed E-state index contributed by atoms with van der Waals surface area (Å²) < 4.78 is 6.74. The van der Waals surface area contributed by atoms with Gasteiger partial charge in [0.25, 0.3) is 0 Å². The lowest BCUT2D eigenvalue weighted by Gasteiger charge is -2.22. The first-order valence-corrected chi connectivity index (χ1v) is 10.8. The summed E-state index contributed by atoms with van der Waals surface area (Å²) in [6.07, 6.45) is 9.77. The third-order valence-corrected chi connectivity index (χ3v) is 5.97. The maximum absolute atomic E-state index is 5.62. The van der Waals surface area contributed by atoms with Gasteiger partial charge < -0.3 is 15.4 Å². The summed E-state index contributed by atoms with van der Waals surface area (Å²) in [5, 5.41) is 7.92. The zero-order valence-electron chi connectivity index (χ0n) is 16.8. The molecule has 29 heavy (non-hydrogen) atoms. The van der Waals surface area contributed by atoms with E-state index in [2.05, 4.69) is 38.5 Å². The Balaban J connectivity index is 1.52. The summed E-state index contributed by atoms with van der Waals surface area (Å²) in [4.78, 5) is 13.4. The third-order valence-electron chi connectivity index (χ3n) is 5.03. The van der Waals surface area contributed by atoms with E-state index in [4.69, 9.17) is 9.72 Å². The molecule has 1 fully saturated rings. The molecule has 0 radical (unpaired) electrons. The van der Waals surface area contributed by atoms with Crippen LogP contribution in [-0.2, 0) is 6.54 Å². The lowest BCUT2D eigenvalue weighted by Crippen LogP contribution is -2.21. The second kappa shape index (κ2) is 9.10. The van der Waals surface area contributed by atoms with Gasteiger partial charge >= 0.3 is 0 Å². The predicted molar refractivity (Wildman–Crippen MR) is 119 cm³/mol. The number of fused-ring (bicyclic) bond motifs is 1. The van der Waals surface area contributed by atoms with Crippen LogP contribution in [0, 0.1) is 11.8 Å². The van der Waals surface area contributed by atoms with E-state index in [1.165, 1.54) is 32.1 Å². The van der Waals surface area contributed by atoms with Gasteiger partial charge in [-0.3, -0.25) is 4.98 Å². The molecule has 4 rings (SSSR count). The van der Waals surface area contributed by atoms with Gasteiger partial charge in [-0.2, -0.15) is 0 Å². The Morgan fingerprint density at radius 1 is 1.17 bits per heavy atom. The van der Waals surface area contributed by atoms with Crippen LogP contribution in [0.4, 0.5) is 10.9 Å². The number of anilines is 2. The second-order valence-corrected chi connectivity index (χ2v) is 8.19. The zero-order valence-corrected chi connectivity index (χ0v) is 17.6. The SMILES string of the molecule is CC#Cc1cncc(NCc2cc(OC)c3nc(NC4CCCCC4)sc3c2)n1. The van der Waals surface area contributed by atoms with Gasteiger partial charge in [-0.15, -0.1) is 0 Å². The first kappa shape index (κ1) is 19.5. The standard InChI is InChI=1S/C22H25N5OS/c1-3-7-17-13-23-14-20(25-17)24-12-15-10-18(28-2)21-19(11-15)29-22(27-21)26-16-8-5-4-6-9-16/h10-11,13-14,16H,4-6,8-9,12H2,1-2H3,(H,24,25)(H,26,27). The molecule has 1 aromatic carbocycles. The summed E-state index contributed by atoms with van der Waals surface area (Å²) in [6.45, 7) is 2.41. The third kappa shape index (κ3) is 4.77. The monoisotopic (exact) mass is 407 g/mol. The predicted octanol–water partition coefficient (Wildman–Crippen LogP) is 4.82. The molecule has 2 aromatic heterocycles. The van der Waals surface area contributed by atoms with Crippen molar-refractivity contribution in [2.24, 2.45) is 0 Å². The van der Waals surface area contributed by atoms with E-state index < -0.39 is 0 Å². The number of methoxy groups -OCH3 is 1. The fourth-order valence-electron chi connectivity index (χ4n) is 3.63. The first-order valence-electron chi connectivity index (χ1n) is 9.98. The quantitative estimate of drug-likeness (QED) is 0.571. The molecule has 0 atom stereocenters. The van der Waals surface area contributed by atoms with Gasteiger partial charge in [-0.25, -0.2) is 9.97 Å². The smallest absolute Gasteiger partial charge is 0.184 e. The van der Waals surface area contributed by atoms with Crippen LogP contribution in [0.2, 0.25) is 0 Å². The molecule has 0 spiro atoms. The molecule has 7 heteroatoms. The van der Waals surface area contributed by atoms with Crippen LogP contribution >= 0.6 is 11.3 Å². The molecule has 0 unspecified atom stereocenters. The number of hydrogen-bond donors (Lipinski definition) is 2. The van der Waals surface area contributed by atoms with Crippen molar-refractivity contribution in [1.29, 1.82) is 0 Å². The summed E-state index contributed by atoms with van der Waals surface area (Å²) in [5.74, 6) is 7.27. The summed E-state index contributed by atoms with van der Waals surface area (Å²) >= 11 is 1.69. The highest BCUT2D eigenvalue weighted by Gasteiger charge is 2.16. The molecule has 0 saturated heterocycles. The summed E-state index contributed by atoms with van der Waals surface area (Å²) in [6, 6.07) is 4.73. The molecule has 1 aliphatic carbocycles. The van der Waals surface area contributed by atoms with E-state index in [9.17, 15) is 0 Å². The summed E-state index contributed by atoms with van der Waals surface area (Å²) in [5.41, 5.74) is 2.68. The van der Waals surface area contributed by atoms with E-state index in [0.29, 0.717) is 24.1 Å². The van der Waals surface area contributed by atoms with Crippen molar-refractivity contribution in [3.05, 3.63) is 35.8 Å². The maximum atomic E-state index is 5.62. The first-order chi connectivity index (χ1) is 14.2. The van der Waals surface area contributed by atoms with E-state index in [1.54, 1.807) is 37.8 Å². The number of hydrogen-bond acceptors (Lipinski definition) is 7. The van der Waals surface area contributed by atoms with Crippen LogP contribution in [0.3, 0.4) is 0 Å². The van der Waals surface area contributed by atoms with Crippen molar-refractivity contribution in [3.8, 4) is 17.6 Å². The van der Waals surface area contributed by atoms with Gasteiger partial charge in [0, 0.05) is 12.6 Å². The van der Waals surface area contributed by atoms with Crippen LogP contribution in [0.15, 0.2) is 24.5 Å². The Kier molecular flexibility index (Phi) is 6.11. The number of aromatic nitrogens is 3. The highest BCUT2D eigenvalue weighted by molar-refractivity contribution is 7.22. The zero-order chi connectivity index (χ0) is 20.1. The molecule has 0 amide bonds. The molecule has 6 nitrogen and oxygen atoms in total. The molecule has 0 aliphatic heterocycles. The average Bonchev–Trinajstić information content (AvgIpc) is 3.15. The van der Waals surface area contributed by atoms with Gasteiger partial charge in [0.2, 0.25) is 0 Å². The highest BCUT2D eigenvalue weighted by atomic mass is 32.1. The van der Waals surface area contributed by atoms with Crippen molar-refractivity contribution in [1.82, 2.24) is 15.0 Å². The van der Waals surface area contributed by atoms with Crippen LogP contribution in [-0.4, -0.2) is 28.1 Å². The van der Waals surface area contributed by atoms with E-state index in [-0.39, 0.29) is 0 Å². The van der Waals surface area contributed by atoms with E-state index >= 15 is 0 Å². The second-order valence-electron chi connectivity index (χ2n) is 7.16. The van der Waals surface area contributed by atoms with Crippen molar-refractivity contribution < 1.29 is 4.74 Å². The lowest BCUT2D eigenvalue weighted by atomic mass is 9.96. The fraction of sp³-hybridized carbons (Fsp3) is 0.409. The molecular formula is C22H25N5OS. The number of rotatable bonds is 6. The number of ether oxygens (including phenoxy) is 1. The van der Waals surface area contributed by atoms with Crippen molar-refractivity contribution in [3.63, 3.8) is 0 Å². The van der Waals surface area contributed by atoms with Crippen molar-refractivity contribution in [2.75, 3.05) is 17.7 Å². The van der Waals surface area contributed by atoms with Gasteiger partial charge in [0.15, 0.2) is 5.13 Å². The molecule has 3 aromatic rings. The van der Waals surface area contributed by atoms with Crippen molar-refractivity contribution >= 4 is 32.5 Å². The average molecular weight is 408 g/mol. The number of thiazole rings is 1.